The summed E-state index contributed by atoms with van der Waals surface area (Å²) in [5.74, 6) is 0.566. The Kier molecular flexibility index (Phi) is 5.73. The molecule has 0 aliphatic rings. The van der Waals surface area contributed by atoms with Gasteiger partial charge in [0.05, 0.1) is 20.1 Å². The van der Waals surface area contributed by atoms with Crippen molar-refractivity contribution in [1.82, 2.24) is 0 Å². The van der Waals surface area contributed by atoms with Crippen molar-refractivity contribution in [2.75, 3.05) is 0 Å². The first kappa shape index (κ1) is 14.4. The van der Waals surface area contributed by atoms with Crippen LogP contribution in [0.4, 0.5) is 0 Å². The molecule has 0 saturated carbocycles. The SMILES string of the molecule is CCCC(C)Cc1cc(Cl)c(Cl)c(Cl)c1Cl. The van der Waals surface area contributed by atoms with Crippen LogP contribution in [0.15, 0.2) is 6.07 Å². The third-order valence-electron chi connectivity index (χ3n) is 2.53. The summed E-state index contributed by atoms with van der Waals surface area (Å²) in [4.78, 5) is 0. The minimum absolute atomic E-state index is 0.334. The van der Waals surface area contributed by atoms with Gasteiger partial charge in [-0.3, -0.25) is 0 Å². The van der Waals surface area contributed by atoms with Gasteiger partial charge in [-0.05, 0) is 24.0 Å². The zero-order valence-electron chi connectivity index (χ0n) is 9.29. The van der Waals surface area contributed by atoms with Gasteiger partial charge in [0, 0.05) is 0 Å². The van der Waals surface area contributed by atoms with Gasteiger partial charge in [-0.2, -0.15) is 0 Å². The summed E-state index contributed by atoms with van der Waals surface area (Å²) in [5, 5.41) is 1.68. The highest BCUT2D eigenvalue weighted by atomic mass is 35.5. The van der Waals surface area contributed by atoms with E-state index in [0.717, 1.165) is 24.8 Å². The summed E-state index contributed by atoms with van der Waals surface area (Å²) >= 11 is 24.0. The summed E-state index contributed by atoms with van der Waals surface area (Å²) in [5.41, 5.74) is 0.974. The van der Waals surface area contributed by atoms with Crippen LogP contribution in [0.5, 0.6) is 0 Å². The van der Waals surface area contributed by atoms with Crippen LogP contribution in [0.1, 0.15) is 32.3 Å². The molecule has 0 heterocycles. The van der Waals surface area contributed by atoms with E-state index in [1.165, 1.54) is 0 Å². The zero-order valence-corrected chi connectivity index (χ0v) is 12.3. The fourth-order valence-electron chi connectivity index (χ4n) is 1.74. The molecule has 0 fully saturated rings. The van der Waals surface area contributed by atoms with Crippen molar-refractivity contribution in [3.05, 3.63) is 31.7 Å². The molecule has 4 heteroatoms. The summed E-state index contributed by atoms with van der Waals surface area (Å²) in [6, 6.07) is 1.81. The lowest BCUT2D eigenvalue weighted by molar-refractivity contribution is 0.522. The van der Waals surface area contributed by atoms with Crippen molar-refractivity contribution in [3.8, 4) is 0 Å². The monoisotopic (exact) mass is 298 g/mol. The maximum absolute atomic E-state index is 6.14. The molecule has 16 heavy (non-hydrogen) atoms. The highest BCUT2D eigenvalue weighted by molar-refractivity contribution is 6.51. The molecule has 0 aliphatic heterocycles. The van der Waals surface area contributed by atoms with E-state index in [0.29, 0.717) is 26.0 Å². The largest absolute Gasteiger partial charge is 0.0826 e. The topological polar surface area (TPSA) is 0 Å². The lowest BCUT2D eigenvalue weighted by Crippen LogP contribution is -2.00. The van der Waals surface area contributed by atoms with Crippen LogP contribution in [0, 0.1) is 5.92 Å². The molecule has 0 spiro atoms. The van der Waals surface area contributed by atoms with Crippen LogP contribution >= 0.6 is 46.4 Å². The van der Waals surface area contributed by atoms with Crippen LogP contribution in [-0.4, -0.2) is 0 Å². The summed E-state index contributed by atoms with van der Waals surface area (Å²) in [6.45, 7) is 4.36. The number of hydrogen-bond donors (Lipinski definition) is 0. The van der Waals surface area contributed by atoms with E-state index in [1.807, 2.05) is 6.07 Å². The lowest BCUT2D eigenvalue weighted by Gasteiger charge is -2.13. The minimum atomic E-state index is 0.334. The molecule has 90 valence electrons. The van der Waals surface area contributed by atoms with Crippen molar-refractivity contribution >= 4 is 46.4 Å². The van der Waals surface area contributed by atoms with Gasteiger partial charge < -0.3 is 0 Å². The molecule has 0 bridgehead atoms. The van der Waals surface area contributed by atoms with Crippen molar-refractivity contribution in [1.29, 1.82) is 0 Å². The number of rotatable bonds is 4. The van der Waals surface area contributed by atoms with Gasteiger partial charge in [0.2, 0.25) is 0 Å². The Morgan fingerprint density at radius 1 is 1.06 bits per heavy atom. The first-order valence-corrected chi connectivity index (χ1v) is 6.80. The van der Waals surface area contributed by atoms with E-state index in [2.05, 4.69) is 13.8 Å². The van der Waals surface area contributed by atoms with Crippen molar-refractivity contribution in [2.45, 2.75) is 33.1 Å². The predicted molar refractivity (Wildman–Crippen MR) is 74.3 cm³/mol. The molecule has 0 N–H and O–H groups in total. The van der Waals surface area contributed by atoms with E-state index < -0.39 is 0 Å². The molecule has 0 nitrogen and oxygen atoms in total. The smallest absolute Gasteiger partial charge is 0.0796 e. The average molecular weight is 300 g/mol. The molecule has 0 amide bonds. The molecule has 0 aromatic heterocycles. The number of halogens is 4. The standard InChI is InChI=1S/C12H14Cl4/c1-3-4-7(2)5-8-6-9(13)11(15)12(16)10(8)14/h6-7H,3-5H2,1-2H3. The van der Waals surface area contributed by atoms with Gasteiger partial charge in [-0.15, -0.1) is 0 Å². The second-order valence-corrected chi connectivity index (χ2v) is 5.60. The summed E-state index contributed by atoms with van der Waals surface area (Å²) < 4.78 is 0. The van der Waals surface area contributed by atoms with Gasteiger partial charge in [-0.1, -0.05) is 73.1 Å². The fraction of sp³-hybridized carbons (Fsp3) is 0.500. The highest BCUT2D eigenvalue weighted by Gasteiger charge is 2.14. The number of hydrogen-bond acceptors (Lipinski definition) is 0. The van der Waals surface area contributed by atoms with Crippen molar-refractivity contribution < 1.29 is 0 Å². The maximum Gasteiger partial charge on any atom is 0.0796 e. The summed E-state index contributed by atoms with van der Waals surface area (Å²) in [6.07, 6.45) is 3.20. The molecule has 0 radical (unpaired) electrons. The normalized spacial score (nSPS) is 12.9. The second-order valence-electron chi connectivity index (χ2n) is 4.06. The Bertz CT molecular complexity index is 374. The van der Waals surface area contributed by atoms with Crippen LogP contribution < -0.4 is 0 Å². The molecule has 1 aromatic carbocycles. The van der Waals surface area contributed by atoms with Gasteiger partial charge in [0.1, 0.15) is 0 Å². The third-order valence-corrected chi connectivity index (χ3v) is 4.32. The van der Waals surface area contributed by atoms with E-state index in [4.69, 9.17) is 46.4 Å². The molecule has 1 unspecified atom stereocenters. The number of benzene rings is 1. The van der Waals surface area contributed by atoms with Crippen LogP contribution in [0.3, 0.4) is 0 Å². The van der Waals surface area contributed by atoms with Crippen LogP contribution in [-0.2, 0) is 6.42 Å². The van der Waals surface area contributed by atoms with E-state index in [1.54, 1.807) is 0 Å². The zero-order chi connectivity index (χ0) is 12.3. The van der Waals surface area contributed by atoms with Gasteiger partial charge in [0.15, 0.2) is 0 Å². The first-order chi connectivity index (χ1) is 7.47. The first-order valence-electron chi connectivity index (χ1n) is 5.29. The molecular weight excluding hydrogens is 286 g/mol. The van der Waals surface area contributed by atoms with Gasteiger partial charge in [-0.25, -0.2) is 0 Å². The van der Waals surface area contributed by atoms with E-state index in [9.17, 15) is 0 Å². The minimum Gasteiger partial charge on any atom is -0.0826 e. The fourth-order valence-corrected chi connectivity index (χ4v) is 2.66. The Labute approximate surface area is 117 Å². The second kappa shape index (κ2) is 6.35. The third kappa shape index (κ3) is 3.43. The lowest BCUT2D eigenvalue weighted by atomic mass is 9.97. The van der Waals surface area contributed by atoms with Crippen molar-refractivity contribution in [2.24, 2.45) is 5.92 Å². The molecule has 1 atom stereocenters. The average Bonchev–Trinajstić information content (AvgIpc) is 2.23. The Morgan fingerprint density at radius 2 is 1.69 bits per heavy atom. The summed E-state index contributed by atoms with van der Waals surface area (Å²) in [7, 11) is 0. The maximum atomic E-state index is 6.14. The predicted octanol–water partition coefficient (Wildman–Crippen LogP) is 6.28. The highest BCUT2D eigenvalue weighted by Crippen LogP contribution is 2.39. The van der Waals surface area contributed by atoms with E-state index >= 15 is 0 Å². The van der Waals surface area contributed by atoms with Gasteiger partial charge >= 0.3 is 0 Å². The van der Waals surface area contributed by atoms with E-state index in [-0.39, 0.29) is 0 Å². The van der Waals surface area contributed by atoms with Crippen LogP contribution in [0.2, 0.25) is 20.1 Å². The Balaban J connectivity index is 2.97. The Hall–Kier alpha value is 0.380. The van der Waals surface area contributed by atoms with Crippen molar-refractivity contribution in [3.63, 3.8) is 0 Å². The molecule has 1 rings (SSSR count). The molecule has 0 aliphatic carbocycles. The molecule has 0 saturated heterocycles. The quantitative estimate of drug-likeness (QED) is 0.453. The molecular formula is C12H14Cl4. The Morgan fingerprint density at radius 3 is 2.25 bits per heavy atom. The van der Waals surface area contributed by atoms with Crippen LogP contribution in [0.25, 0.3) is 0 Å². The van der Waals surface area contributed by atoms with Gasteiger partial charge in [0.25, 0.3) is 0 Å². The molecule has 1 aromatic rings.